The molecule has 2 aromatic heterocycles. The SMILES string of the molecule is CCCNc1ncnc(NCc2cccnn2)c1Br. The van der Waals surface area contributed by atoms with E-state index in [0.717, 1.165) is 34.8 Å². The molecule has 6 nitrogen and oxygen atoms in total. The van der Waals surface area contributed by atoms with E-state index in [4.69, 9.17) is 0 Å². The van der Waals surface area contributed by atoms with Crippen molar-refractivity contribution in [3.63, 3.8) is 0 Å². The van der Waals surface area contributed by atoms with Crippen LogP contribution in [0, 0.1) is 0 Å². The number of aromatic nitrogens is 4. The summed E-state index contributed by atoms with van der Waals surface area (Å²) < 4.78 is 0.826. The van der Waals surface area contributed by atoms with Gasteiger partial charge in [-0.25, -0.2) is 9.97 Å². The lowest BCUT2D eigenvalue weighted by Crippen LogP contribution is -2.08. The van der Waals surface area contributed by atoms with Gasteiger partial charge in [0.25, 0.3) is 0 Å². The Hall–Kier alpha value is -1.76. The second-order valence-corrected chi connectivity index (χ2v) is 4.67. The fourth-order valence-corrected chi connectivity index (χ4v) is 1.95. The van der Waals surface area contributed by atoms with E-state index in [-0.39, 0.29) is 0 Å². The molecule has 100 valence electrons. The minimum atomic E-state index is 0.566. The number of nitrogens with one attached hydrogen (secondary N) is 2. The van der Waals surface area contributed by atoms with Crippen molar-refractivity contribution in [2.75, 3.05) is 17.2 Å². The van der Waals surface area contributed by atoms with Crippen LogP contribution in [0.2, 0.25) is 0 Å². The molecule has 0 atom stereocenters. The third-order valence-electron chi connectivity index (χ3n) is 2.40. The first-order valence-corrected chi connectivity index (χ1v) is 6.85. The summed E-state index contributed by atoms with van der Waals surface area (Å²) in [6, 6.07) is 3.76. The standard InChI is InChI=1S/C12H15BrN6/c1-2-5-14-11-10(13)12(17-8-16-11)15-7-9-4-3-6-18-19-9/h3-4,6,8H,2,5,7H2,1H3,(H2,14,15,16,17). The van der Waals surface area contributed by atoms with E-state index in [0.29, 0.717) is 6.54 Å². The molecule has 0 fully saturated rings. The van der Waals surface area contributed by atoms with Crippen LogP contribution < -0.4 is 10.6 Å². The zero-order valence-electron chi connectivity index (χ0n) is 10.6. The van der Waals surface area contributed by atoms with Gasteiger partial charge in [0.05, 0.1) is 12.2 Å². The molecule has 0 saturated carbocycles. The maximum atomic E-state index is 4.20. The lowest BCUT2D eigenvalue weighted by molar-refractivity contribution is 0.916. The summed E-state index contributed by atoms with van der Waals surface area (Å²) in [7, 11) is 0. The average Bonchev–Trinajstić information content (AvgIpc) is 2.46. The van der Waals surface area contributed by atoms with E-state index in [9.17, 15) is 0 Å². The van der Waals surface area contributed by atoms with Crippen LogP contribution in [-0.4, -0.2) is 26.7 Å². The topological polar surface area (TPSA) is 75.6 Å². The Labute approximate surface area is 120 Å². The Morgan fingerprint density at radius 3 is 2.68 bits per heavy atom. The highest BCUT2D eigenvalue weighted by molar-refractivity contribution is 9.10. The molecule has 0 bridgehead atoms. The molecule has 2 heterocycles. The highest BCUT2D eigenvalue weighted by atomic mass is 79.9. The van der Waals surface area contributed by atoms with Crippen molar-refractivity contribution in [2.45, 2.75) is 19.9 Å². The van der Waals surface area contributed by atoms with Gasteiger partial charge >= 0.3 is 0 Å². The molecule has 0 amide bonds. The van der Waals surface area contributed by atoms with Gasteiger partial charge in [-0.1, -0.05) is 6.92 Å². The number of halogens is 1. The van der Waals surface area contributed by atoms with Crippen LogP contribution in [0.25, 0.3) is 0 Å². The van der Waals surface area contributed by atoms with Gasteiger partial charge in [-0.3, -0.25) is 0 Å². The number of rotatable bonds is 6. The fourth-order valence-electron chi connectivity index (χ4n) is 1.46. The predicted molar refractivity (Wildman–Crippen MR) is 77.9 cm³/mol. The molecule has 0 spiro atoms. The first-order chi connectivity index (χ1) is 9.31. The van der Waals surface area contributed by atoms with E-state index < -0.39 is 0 Å². The number of hydrogen-bond acceptors (Lipinski definition) is 6. The molecule has 2 rings (SSSR count). The smallest absolute Gasteiger partial charge is 0.146 e. The minimum absolute atomic E-state index is 0.566. The largest absolute Gasteiger partial charge is 0.369 e. The second kappa shape index (κ2) is 6.98. The Balaban J connectivity index is 2.04. The van der Waals surface area contributed by atoms with Crippen molar-refractivity contribution in [1.82, 2.24) is 20.2 Å². The molecule has 7 heteroatoms. The van der Waals surface area contributed by atoms with Gasteiger partial charge < -0.3 is 10.6 Å². The van der Waals surface area contributed by atoms with Crippen LogP contribution >= 0.6 is 15.9 Å². The highest BCUT2D eigenvalue weighted by Gasteiger charge is 2.08. The monoisotopic (exact) mass is 322 g/mol. The molecule has 0 aromatic carbocycles. The maximum Gasteiger partial charge on any atom is 0.146 e. The average molecular weight is 323 g/mol. The van der Waals surface area contributed by atoms with Gasteiger partial charge in [0, 0.05) is 12.7 Å². The summed E-state index contributed by atoms with van der Waals surface area (Å²) in [6.07, 6.45) is 4.22. The zero-order valence-corrected chi connectivity index (χ0v) is 12.2. The van der Waals surface area contributed by atoms with Crippen LogP contribution in [-0.2, 0) is 6.54 Å². The molecule has 0 aliphatic carbocycles. The second-order valence-electron chi connectivity index (χ2n) is 3.88. The molecule has 0 aliphatic rings. The predicted octanol–water partition coefficient (Wildman–Crippen LogP) is 2.46. The van der Waals surface area contributed by atoms with Gasteiger partial charge in [-0.05, 0) is 34.5 Å². The Bertz CT molecular complexity index is 519. The van der Waals surface area contributed by atoms with Crippen molar-refractivity contribution < 1.29 is 0 Å². The Kier molecular flexibility index (Phi) is 5.02. The van der Waals surface area contributed by atoms with Gasteiger partial charge in [-0.15, -0.1) is 0 Å². The van der Waals surface area contributed by atoms with Crippen molar-refractivity contribution in [1.29, 1.82) is 0 Å². The lowest BCUT2D eigenvalue weighted by atomic mass is 10.4. The minimum Gasteiger partial charge on any atom is -0.369 e. The van der Waals surface area contributed by atoms with Gasteiger partial charge in [0.15, 0.2) is 0 Å². The van der Waals surface area contributed by atoms with E-state index in [1.54, 1.807) is 6.20 Å². The van der Waals surface area contributed by atoms with E-state index in [1.807, 2.05) is 12.1 Å². The molecule has 0 unspecified atom stereocenters. The number of anilines is 2. The van der Waals surface area contributed by atoms with E-state index in [2.05, 4.69) is 53.7 Å². The third kappa shape index (κ3) is 3.85. The van der Waals surface area contributed by atoms with Crippen LogP contribution in [0.5, 0.6) is 0 Å². The third-order valence-corrected chi connectivity index (χ3v) is 3.15. The number of hydrogen-bond donors (Lipinski definition) is 2. The van der Waals surface area contributed by atoms with Gasteiger partial charge in [-0.2, -0.15) is 10.2 Å². The summed E-state index contributed by atoms with van der Waals surface area (Å²) in [4.78, 5) is 8.40. The first kappa shape index (κ1) is 13.7. The summed E-state index contributed by atoms with van der Waals surface area (Å²) >= 11 is 3.50. The van der Waals surface area contributed by atoms with Gasteiger partial charge in [0.1, 0.15) is 22.4 Å². The first-order valence-electron chi connectivity index (χ1n) is 6.06. The van der Waals surface area contributed by atoms with Crippen LogP contribution in [0.3, 0.4) is 0 Å². The molecular weight excluding hydrogens is 308 g/mol. The molecule has 2 N–H and O–H groups in total. The summed E-state index contributed by atoms with van der Waals surface area (Å²) in [6.45, 7) is 3.55. The number of nitrogens with zero attached hydrogens (tertiary/aromatic N) is 4. The van der Waals surface area contributed by atoms with Crippen molar-refractivity contribution >= 4 is 27.6 Å². The lowest BCUT2D eigenvalue weighted by Gasteiger charge is -2.10. The fraction of sp³-hybridized carbons (Fsp3) is 0.333. The quantitative estimate of drug-likeness (QED) is 0.850. The van der Waals surface area contributed by atoms with Crippen LogP contribution in [0.1, 0.15) is 19.0 Å². The molecular formula is C12H15BrN6. The van der Waals surface area contributed by atoms with Crippen LogP contribution in [0.4, 0.5) is 11.6 Å². The Morgan fingerprint density at radius 1 is 1.21 bits per heavy atom. The van der Waals surface area contributed by atoms with E-state index >= 15 is 0 Å². The normalized spacial score (nSPS) is 10.2. The maximum absolute atomic E-state index is 4.20. The van der Waals surface area contributed by atoms with Crippen LogP contribution in [0.15, 0.2) is 29.1 Å². The molecule has 0 saturated heterocycles. The highest BCUT2D eigenvalue weighted by Crippen LogP contribution is 2.26. The Morgan fingerprint density at radius 2 is 2.00 bits per heavy atom. The van der Waals surface area contributed by atoms with Gasteiger partial charge in [0.2, 0.25) is 0 Å². The van der Waals surface area contributed by atoms with Crippen molar-refractivity contribution in [3.05, 3.63) is 34.8 Å². The summed E-state index contributed by atoms with van der Waals surface area (Å²) in [5.74, 6) is 1.53. The summed E-state index contributed by atoms with van der Waals surface area (Å²) in [5, 5.41) is 14.3. The molecule has 0 radical (unpaired) electrons. The molecule has 2 aromatic rings. The zero-order chi connectivity index (χ0) is 13.5. The van der Waals surface area contributed by atoms with Crippen molar-refractivity contribution in [3.8, 4) is 0 Å². The molecule has 19 heavy (non-hydrogen) atoms. The molecule has 0 aliphatic heterocycles. The van der Waals surface area contributed by atoms with E-state index in [1.165, 1.54) is 6.33 Å². The van der Waals surface area contributed by atoms with Crippen molar-refractivity contribution in [2.24, 2.45) is 0 Å². The summed E-state index contributed by atoms with van der Waals surface area (Å²) in [5.41, 5.74) is 0.857.